The van der Waals surface area contributed by atoms with Crippen LogP contribution in [0.15, 0.2) is 52.4 Å². The number of carbonyl (C=O) groups is 2. The van der Waals surface area contributed by atoms with Crippen molar-refractivity contribution in [3.05, 3.63) is 53.6 Å². The number of benzene rings is 2. The van der Waals surface area contributed by atoms with Crippen molar-refractivity contribution in [1.29, 1.82) is 0 Å². The number of amidine groups is 2. The van der Waals surface area contributed by atoms with Crippen LogP contribution in [-0.2, 0) is 16.1 Å². The van der Waals surface area contributed by atoms with Crippen LogP contribution in [0.5, 0.6) is 11.5 Å². The topological polar surface area (TPSA) is 92.6 Å². The summed E-state index contributed by atoms with van der Waals surface area (Å²) in [7, 11) is 3.13. The molecule has 0 spiro atoms. The molecule has 4 rings (SSSR count). The molecule has 0 unspecified atom stereocenters. The summed E-state index contributed by atoms with van der Waals surface area (Å²) in [4.78, 5) is 36.6. The number of amides is 2. The van der Waals surface area contributed by atoms with Crippen molar-refractivity contribution in [2.75, 3.05) is 20.0 Å². The Morgan fingerprint density at radius 1 is 1.15 bits per heavy atom. The molecule has 1 atom stereocenters. The summed E-state index contributed by atoms with van der Waals surface area (Å²) >= 11 is 1.22. The van der Waals surface area contributed by atoms with Crippen molar-refractivity contribution in [2.45, 2.75) is 26.4 Å². The lowest BCUT2D eigenvalue weighted by molar-refractivity contribution is -0.125. The maximum absolute atomic E-state index is 13.1. The number of thioether (sulfide) groups is 1. The summed E-state index contributed by atoms with van der Waals surface area (Å²) in [6.07, 6.45) is 0. The number of rotatable bonds is 7. The summed E-state index contributed by atoms with van der Waals surface area (Å²) in [5.41, 5.74) is 2.38. The quantitative estimate of drug-likeness (QED) is 0.676. The Hall–Kier alpha value is -3.33. The minimum atomic E-state index is -0.452. The van der Waals surface area contributed by atoms with Crippen LogP contribution in [-0.4, -0.2) is 53.7 Å². The Labute approximate surface area is 197 Å². The van der Waals surface area contributed by atoms with E-state index in [-0.39, 0.29) is 23.5 Å². The van der Waals surface area contributed by atoms with Crippen molar-refractivity contribution in [1.82, 2.24) is 10.2 Å². The molecule has 0 radical (unpaired) electrons. The van der Waals surface area contributed by atoms with Gasteiger partial charge in [-0.25, -0.2) is 9.89 Å². The summed E-state index contributed by atoms with van der Waals surface area (Å²) in [5, 5.41) is 3.36. The van der Waals surface area contributed by atoms with Gasteiger partial charge in [0.05, 0.1) is 25.7 Å². The number of methoxy groups -OCH3 is 2. The number of hydrogen-bond donors (Lipinski definition) is 1. The average molecular weight is 467 g/mol. The van der Waals surface area contributed by atoms with Crippen molar-refractivity contribution in [3.8, 4) is 11.5 Å². The van der Waals surface area contributed by atoms with Gasteiger partial charge in [0.25, 0.3) is 5.91 Å². The molecule has 8 nitrogen and oxygen atoms in total. The minimum Gasteiger partial charge on any atom is -0.493 e. The molecule has 0 aliphatic carbocycles. The largest absolute Gasteiger partial charge is 0.493 e. The van der Waals surface area contributed by atoms with Crippen LogP contribution in [0.3, 0.4) is 0 Å². The van der Waals surface area contributed by atoms with Gasteiger partial charge in [0.15, 0.2) is 16.7 Å². The lowest BCUT2D eigenvalue weighted by Crippen LogP contribution is -2.42. The first-order valence-corrected chi connectivity index (χ1v) is 11.6. The standard InChI is InChI=1S/C24H26N4O4S/c1-14(2)20-23(30)28-22(27-20)16-9-5-6-10-17(16)26-24(28)33-13-19(29)25-12-15-8-7-11-18(31-3)21(15)32-4/h5-11,14,20H,12-13H2,1-4H3,(H,25,29)/t20-/m0/s1. The van der Waals surface area contributed by atoms with Gasteiger partial charge in [-0.1, -0.05) is 49.9 Å². The highest BCUT2D eigenvalue weighted by atomic mass is 32.2. The van der Waals surface area contributed by atoms with E-state index in [0.29, 0.717) is 29.0 Å². The van der Waals surface area contributed by atoms with E-state index in [2.05, 4.69) is 10.3 Å². The van der Waals surface area contributed by atoms with Crippen LogP contribution in [0, 0.1) is 5.92 Å². The molecule has 2 amide bonds. The van der Waals surface area contributed by atoms with Gasteiger partial charge in [-0.3, -0.25) is 14.6 Å². The first-order chi connectivity index (χ1) is 15.9. The van der Waals surface area contributed by atoms with E-state index in [1.54, 1.807) is 25.2 Å². The summed E-state index contributed by atoms with van der Waals surface area (Å²) in [5.74, 6) is 1.68. The van der Waals surface area contributed by atoms with Crippen LogP contribution in [0.2, 0.25) is 0 Å². The molecular formula is C24H26N4O4S. The van der Waals surface area contributed by atoms with Crippen LogP contribution in [0.1, 0.15) is 25.0 Å². The first-order valence-electron chi connectivity index (χ1n) is 10.6. The van der Waals surface area contributed by atoms with Crippen molar-refractivity contribution in [3.63, 3.8) is 0 Å². The average Bonchev–Trinajstić information content (AvgIpc) is 3.18. The number of nitrogens with one attached hydrogen (secondary N) is 1. The number of nitrogens with zero attached hydrogens (tertiary/aromatic N) is 3. The van der Waals surface area contributed by atoms with Gasteiger partial charge < -0.3 is 14.8 Å². The molecule has 0 fully saturated rings. The van der Waals surface area contributed by atoms with Crippen molar-refractivity contribution in [2.24, 2.45) is 15.9 Å². The number of hydrogen-bond acceptors (Lipinski definition) is 7. The smallest absolute Gasteiger partial charge is 0.259 e. The predicted octanol–water partition coefficient (Wildman–Crippen LogP) is 3.37. The summed E-state index contributed by atoms with van der Waals surface area (Å²) in [6.45, 7) is 4.24. The van der Waals surface area contributed by atoms with Crippen LogP contribution in [0.4, 0.5) is 5.69 Å². The zero-order valence-corrected chi connectivity index (χ0v) is 19.8. The van der Waals surface area contributed by atoms with Crippen LogP contribution in [0.25, 0.3) is 0 Å². The van der Waals surface area contributed by atoms with Crippen LogP contribution >= 0.6 is 11.8 Å². The number of carbonyl (C=O) groups excluding carboxylic acids is 2. The molecule has 2 heterocycles. The number of fused-ring (bicyclic) bond motifs is 3. The second-order valence-corrected chi connectivity index (χ2v) is 8.89. The highest BCUT2D eigenvalue weighted by molar-refractivity contribution is 8.14. The third-order valence-electron chi connectivity index (χ3n) is 5.42. The molecule has 2 aliphatic heterocycles. The summed E-state index contributed by atoms with van der Waals surface area (Å²) < 4.78 is 10.7. The molecule has 33 heavy (non-hydrogen) atoms. The van der Waals surface area contributed by atoms with Crippen molar-refractivity contribution >= 4 is 40.3 Å². The lowest BCUT2D eigenvalue weighted by atomic mass is 10.1. The van der Waals surface area contributed by atoms with Gasteiger partial charge in [-0.15, -0.1) is 0 Å². The fraction of sp³-hybridized carbons (Fsp3) is 0.333. The van der Waals surface area contributed by atoms with Crippen molar-refractivity contribution < 1.29 is 19.1 Å². The molecule has 0 bridgehead atoms. The predicted molar refractivity (Wildman–Crippen MR) is 129 cm³/mol. The third kappa shape index (κ3) is 4.45. The molecule has 0 aromatic heterocycles. The Kier molecular flexibility index (Phi) is 6.69. The lowest BCUT2D eigenvalue weighted by Gasteiger charge is -2.25. The summed E-state index contributed by atoms with van der Waals surface area (Å²) in [6, 6.07) is 12.7. The van der Waals surface area contributed by atoms with Crippen LogP contribution < -0.4 is 14.8 Å². The van der Waals surface area contributed by atoms with Gasteiger partial charge in [-0.2, -0.15) is 0 Å². The van der Waals surface area contributed by atoms with E-state index in [9.17, 15) is 9.59 Å². The molecule has 0 saturated heterocycles. The molecule has 172 valence electrons. The van der Waals surface area contributed by atoms with E-state index >= 15 is 0 Å². The Morgan fingerprint density at radius 2 is 1.94 bits per heavy atom. The third-order valence-corrected chi connectivity index (χ3v) is 6.36. The Balaban J connectivity index is 1.47. The highest BCUT2D eigenvalue weighted by Gasteiger charge is 2.42. The van der Waals surface area contributed by atoms with Gasteiger partial charge in [0.2, 0.25) is 5.91 Å². The molecule has 2 aromatic rings. The van der Waals surface area contributed by atoms with E-state index in [1.165, 1.54) is 11.8 Å². The fourth-order valence-corrected chi connectivity index (χ4v) is 4.60. The second kappa shape index (κ2) is 9.66. The van der Waals surface area contributed by atoms with E-state index in [0.717, 1.165) is 16.8 Å². The SMILES string of the molecule is COc1cccc(CNC(=O)CSC2=Nc3ccccc3C3=N[C@@H](C(C)C)C(=O)N23)c1OC. The number of para-hydroxylation sites is 2. The molecule has 0 saturated carbocycles. The normalized spacial score (nSPS) is 16.7. The highest BCUT2D eigenvalue weighted by Crippen LogP contribution is 2.35. The van der Waals surface area contributed by atoms with E-state index in [1.807, 2.05) is 50.2 Å². The first kappa shape index (κ1) is 22.8. The Bertz CT molecular complexity index is 1150. The molecule has 2 aliphatic rings. The number of ether oxygens (including phenoxy) is 2. The maximum atomic E-state index is 13.1. The molecular weight excluding hydrogens is 440 g/mol. The zero-order chi connectivity index (χ0) is 23.5. The van der Waals surface area contributed by atoms with E-state index in [4.69, 9.17) is 14.5 Å². The van der Waals surface area contributed by atoms with Gasteiger partial charge in [0.1, 0.15) is 11.9 Å². The molecule has 1 N–H and O–H groups in total. The molecule has 2 aromatic carbocycles. The van der Waals surface area contributed by atoms with Gasteiger partial charge in [-0.05, 0) is 24.1 Å². The van der Waals surface area contributed by atoms with Gasteiger partial charge >= 0.3 is 0 Å². The molecule has 9 heteroatoms. The monoisotopic (exact) mass is 466 g/mol. The second-order valence-electron chi connectivity index (χ2n) is 7.94. The maximum Gasteiger partial charge on any atom is 0.259 e. The number of aliphatic imine (C=N–C) groups is 2. The van der Waals surface area contributed by atoms with Gasteiger partial charge in [0, 0.05) is 17.7 Å². The minimum absolute atomic E-state index is 0.0650. The van der Waals surface area contributed by atoms with E-state index < -0.39 is 6.04 Å². The fourth-order valence-electron chi connectivity index (χ4n) is 3.77. The Morgan fingerprint density at radius 3 is 2.67 bits per heavy atom. The zero-order valence-electron chi connectivity index (χ0n) is 19.0.